The van der Waals surface area contributed by atoms with Crippen LogP contribution in [-0.4, -0.2) is 22.5 Å². The fourth-order valence-corrected chi connectivity index (χ4v) is 1.55. The Labute approximate surface area is 98.6 Å². The molecule has 5 nitrogen and oxygen atoms in total. The molecule has 0 heterocycles. The van der Waals surface area contributed by atoms with E-state index in [1.807, 2.05) is 0 Å². The molecule has 1 aromatic rings. The Morgan fingerprint density at radius 2 is 2.12 bits per heavy atom. The van der Waals surface area contributed by atoms with Crippen molar-refractivity contribution in [3.8, 4) is 0 Å². The molecule has 0 unspecified atom stereocenters. The lowest BCUT2D eigenvalue weighted by molar-refractivity contribution is -0.136. The predicted octanol–water partition coefficient (Wildman–Crippen LogP) is 0.743. The van der Waals surface area contributed by atoms with Gasteiger partial charge in [0.15, 0.2) is 0 Å². The third-order valence-electron chi connectivity index (χ3n) is 2.78. The van der Waals surface area contributed by atoms with E-state index in [2.05, 4.69) is 5.32 Å². The molecule has 0 saturated heterocycles. The zero-order chi connectivity index (χ0) is 12.5. The smallest absolute Gasteiger partial charge is 0.307 e. The van der Waals surface area contributed by atoms with E-state index in [0.717, 1.165) is 0 Å². The highest BCUT2D eigenvalue weighted by Crippen LogP contribution is 2.33. The second kappa shape index (κ2) is 4.18. The zero-order valence-electron chi connectivity index (χ0n) is 9.27. The molecule has 1 saturated carbocycles. The normalized spacial score (nSPS) is 16.3. The molecule has 0 spiro atoms. The quantitative estimate of drug-likeness (QED) is 0.716. The Morgan fingerprint density at radius 1 is 1.41 bits per heavy atom. The highest BCUT2D eigenvalue weighted by Gasteiger charge is 2.45. The average molecular weight is 234 g/mol. The molecule has 0 aromatic heterocycles. The van der Waals surface area contributed by atoms with Crippen LogP contribution in [0.1, 0.15) is 18.4 Å². The molecule has 1 aromatic carbocycles. The number of benzene rings is 1. The summed E-state index contributed by atoms with van der Waals surface area (Å²) in [5.74, 6) is -1.10. The molecule has 0 atom stereocenters. The second-order valence-corrected chi connectivity index (χ2v) is 4.38. The standard InChI is InChI=1S/C12H14N2O3/c13-12(4-5-12)11(17)14-9-3-1-2-8(6-9)7-10(15)16/h1-3,6H,4-5,7,13H2,(H,14,17)(H,15,16). The maximum absolute atomic E-state index is 11.7. The van der Waals surface area contributed by atoms with Crippen LogP contribution >= 0.6 is 0 Å². The Balaban J connectivity index is 2.05. The van der Waals surface area contributed by atoms with Gasteiger partial charge in [-0.15, -0.1) is 0 Å². The molecule has 17 heavy (non-hydrogen) atoms. The largest absolute Gasteiger partial charge is 0.481 e. The van der Waals surface area contributed by atoms with Gasteiger partial charge in [-0.2, -0.15) is 0 Å². The summed E-state index contributed by atoms with van der Waals surface area (Å²) < 4.78 is 0. The molecule has 4 N–H and O–H groups in total. The molecule has 0 aliphatic heterocycles. The number of amides is 1. The summed E-state index contributed by atoms with van der Waals surface area (Å²) in [6.45, 7) is 0. The third kappa shape index (κ3) is 2.82. The number of rotatable bonds is 4. The first kappa shape index (κ1) is 11.6. The van der Waals surface area contributed by atoms with Gasteiger partial charge in [-0.3, -0.25) is 9.59 Å². The van der Waals surface area contributed by atoms with Gasteiger partial charge >= 0.3 is 5.97 Å². The molecule has 0 bridgehead atoms. The van der Waals surface area contributed by atoms with Gasteiger partial charge in [-0.05, 0) is 30.5 Å². The van der Waals surface area contributed by atoms with Crippen molar-refractivity contribution in [1.29, 1.82) is 0 Å². The monoisotopic (exact) mass is 234 g/mol. The van der Waals surface area contributed by atoms with Crippen LogP contribution in [0.2, 0.25) is 0 Å². The number of nitrogens with one attached hydrogen (secondary N) is 1. The summed E-state index contributed by atoms with van der Waals surface area (Å²) in [6, 6.07) is 6.79. The Hall–Kier alpha value is -1.88. The molecule has 0 radical (unpaired) electrons. The van der Waals surface area contributed by atoms with Crippen LogP contribution in [0.3, 0.4) is 0 Å². The van der Waals surface area contributed by atoms with Gasteiger partial charge in [0.1, 0.15) is 0 Å². The van der Waals surface area contributed by atoms with Crippen molar-refractivity contribution in [3.63, 3.8) is 0 Å². The molecule has 1 aliphatic carbocycles. The summed E-state index contributed by atoms with van der Waals surface area (Å²) in [6.07, 6.45) is 1.35. The molecule has 90 valence electrons. The van der Waals surface area contributed by atoms with E-state index >= 15 is 0 Å². The number of carboxylic acids is 1. The van der Waals surface area contributed by atoms with Crippen molar-refractivity contribution in [3.05, 3.63) is 29.8 Å². The SMILES string of the molecule is NC1(C(=O)Nc2cccc(CC(=O)O)c2)CC1. The van der Waals surface area contributed by atoms with Crippen LogP contribution in [0.5, 0.6) is 0 Å². The van der Waals surface area contributed by atoms with Gasteiger partial charge in [0, 0.05) is 5.69 Å². The Kier molecular flexibility index (Phi) is 2.85. The van der Waals surface area contributed by atoms with E-state index < -0.39 is 11.5 Å². The highest BCUT2D eigenvalue weighted by atomic mass is 16.4. The van der Waals surface area contributed by atoms with Gasteiger partial charge in [0.2, 0.25) is 5.91 Å². The number of anilines is 1. The van der Waals surface area contributed by atoms with Crippen LogP contribution in [0.4, 0.5) is 5.69 Å². The summed E-state index contributed by atoms with van der Waals surface area (Å²) >= 11 is 0. The number of carbonyl (C=O) groups excluding carboxylic acids is 1. The van der Waals surface area contributed by atoms with Gasteiger partial charge in [0.25, 0.3) is 0 Å². The van der Waals surface area contributed by atoms with Crippen molar-refractivity contribution in [1.82, 2.24) is 0 Å². The third-order valence-corrected chi connectivity index (χ3v) is 2.78. The molecule has 1 aliphatic rings. The minimum atomic E-state index is -0.897. The Morgan fingerprint density at radius 3 is 2.71 bits per heavy atom. The van der Waals surface area contributed by atoms with Crippen LogP contribution in [0.25, 0.3) is 0 Å². The molecular formula is C12H14N2O3. The molecule has 1 fully saturated rings. The lowest BCUT2D eigenvalue weighted by atomic mass is 10.1. The number of carbonyl (C=O) groups is 2. The van der Waals surface area contributed by atoms with Crippen LogP contribution in [0.15, 0.2) is 24.3 Å². The number of hydrogen-bond acceptors (Lipinski definition) is 3. The van der Waals surface area contributed by atoms with Crippen molar-refractivity contribution >= 4 is 17.6 Å². The minimum Gasteiger partial charge on any atom is -0.481 e. The lowest BCUT2D eigenvalue weighted by Gasteiger charge is -2.10. The minimum absolute atomic E-state index is 0.0581. The first-order chi connectivity index (χ1) is 7.99. The first-order valence-corrected chi connectivity index (χ1v) is 5.41. The van der Waals surface area contributed by atoms with Crippen molar-refractivity contribution in [2.45, 2.75) is 24.8 Å². The van der Waals surface area contributed by atoms with E-state index in [4.69, 9.17) is 10.8 Å². The second-order valence-electron chi connectivity index (χ2n) is 4.38. The fourth-order valence-electron chi connectivity index (χ4n) is 1.55. The van der Waals surface area contributed by atoms with Gasteiger partial charge in [0.05, 0.1) is 12.0 Å². The Bertz CT molecular complexity index is 467. The summed E-state index contributed by atoms with van der Waals surface area (Å²) in [5, 5.41) is 11.4. The van der Waals surface area contributed by atoms with E-state index in [1.165, 1.54) is 0 Å². The number of carboxylic acid groups (broad SMARTS) is 1. The maximum atomic E-state index is 11.7. The fraction of sp³-hybridized carbons (Fsp3) is 0.333. The van der Waals surface area contributed by atoms with Crippen molar-refractivity contribution < 1.29 is 14.7 Å². The van der Waals surface area contributed by atoms with Crippen LogP contribution in [-0.2, 0) is 16.0 Å². The van der Waals surface area contributed by atoms with Crippen molar-refractivity contribution in [2.24, 2.45) is 5.73 Å². The number of nitrogens with two attached hydrogens (primary N) is 1. The van der Waals surface area contributed by atoms with Crippen LogP contribution < -0.4 is 11.1 Å². The highest BCUT2D eigenvalue weighted by molar-refractivity contribution is 6.00. The number of hydrogen-bond donors (Lipinski definition) is 3. The summed E-state index contributed by atoms with van der Waals surface area (Å²) in [4.78, 5) is 22.2. The molecule has 5 heteroatoms. The molecular weight excluding hydrogens is 220 g/mol. The van der Waals surface area contributed by atoms with E-state index in [0.29, 0.717) is 24.1 Å². The van der Waals surface area contributed by atoms with Crippen LogP contribution in [0, 0.1) is 0 Å². The average Bonchev–Trinajstić information content (AvgIpc) is 2.97. The van der Waals surface area contributed by atoms with E-state index in [-0.39, 0.29) is 12.3 Å². The molecule has 1 amide bonds. The lowest BCUT2D eigenvalue weighted by Crippen LogP contribution is -2.37. The number of aliphatic carboxylic acids is 1. The summed E-state index contributed by atoms with van der Waals surface area (Å²) in [5.41, 5.74) is 6.27. The zero-order valence-corrected chi connectivity index (χ0v) is 9.27. The van der Waals surface area contributed by atoms with Gasteiger partial charge in [-0.1, -0.05) is 12.1 Å². The van der Waals surface area contributed by atoms with Crippen molar-refractivity contribution in [2.75, 3.05) is 5.32 Å². The predicted molar refractivity (Wildman–Crippen MR) is 62.6 cm³/mol. The topological polar surface area (TPSA) is 92.4 Å². The molecule has 2 rings (SSSR count). The van der Waals surface area contributed by atoms with Gasteiger partial charge in [-0.25, -0.2) is 0 Å². The summed E-state index contributed by atoms with van der Waals surface area (Å²) in [7, 11) is 0. The maximum Gasteiger partial charge on any atom is 0.307 e. The van der Waals surface area contributed by atoms with E-state index in [9.17, 15) is 9.59 Å². The van der Waals surface area contributed by atoms with E-state index in [1.54, 1.807) is 24.3 Å². The first-order valence-electron chi connectivity index (χ1n) is 5.41. The van der Waals surface area contributed by atoms with Gasteiger partial charge < -0.3 is 16.2 Å².